The number of benzene rings is 1. The molecule has 0 aliphatic carbocycles. The van der Waals surface area contributed by atoms with Gasteiger partial charge in [0.1, 0.15) is 10.7 Å². The number of hydrogen-bond acceptors (Lipinski definition) is 5. The Labute approximate surface area is 128 Å². The highest BCUT2D eigenvalue weighted by Gasteiger charge is 2.29. The second kappa shape index (κ2) is 5.45. The zero-order valence-electron chi connectivity index (χ0n) is 11.8. The number of aryl methyl sites for hydroxylation is 2. The lowest BCUT2D eigenvalue weighted by atomic mass is 10.2. The van der Waals surface area contributed by atoms with E-state index in [1.807, 2.05) is 0 Å². The molecule has 1 aromatic heterocycles. The highest BCUT2D eigenvalue weighted by atomic mass is 32.2. The van der Waals surface area contributed by atoms with Crippen molar-refractivity contribution in [1.82, 2.24) is 5.16 Å². The fourth-order valence-corrected chi connectivity index (χ4v) is 3.58. The molecule has 6 nitrogen and oxygen atoms in total. The maximum atomic E-state index is 12.7. The SMILES string of the molecule is Cc1noc(C)c1S(=O)(=O)N(C)c1cccc(C(N)=S)c1. The monoisotopic (exact) mass is 325 g/mol. The largest absolute Gasteiger partial charge is 0.389 e. The van der Waals surface area contributed by atoms with Crippen LogP contribution in [-0.4, -0.2) is 25.6 Å². The smallest absolute Gasteiger partial charge is 0.269 e. The Bertz CT molecular complexity index is 777. The zero-order chi connectivity index (χ0) is 15.8. The average molecular weight is 325 g/mol. The van der Waals surface area contributed by atoms with Crippen molar-refractivity contribution in [3.8, 4) is 0 Å². The van der Waals surface area contributed by atoms with Gasteiger partial charge in [-0.1, -0.05) is 29.5 Å². The van der Waals surface area contributed by atoms with Gasteiger partial charge in [0.2, 0.25) is 0 Å². The van der Waals surface area contributed by atoms with Gasteiger partial charge in [-0.2, -0.15) is 0 Å². The molecule has 0 saturated carbocycles. The van der Waals surface area contributed by atoms with E-state index in [0.29, 0.717) is 16.9 Å². The first-order valence-electron chi connectivity index (χ1n) is 6.07. The van der Waals surface area contributed by atoms with E-state index in [2.05, 4.69) is 5.16 Å². The summed E-state index contributed by atoms with van der Waals surface area (Å²) in [5, 5.41) is 3.68. The van der Waals surface area contributed by atoms with Crippen LogP contribution in [-0.2, 0) is 10.0 Å². The topological polar surface area (TPSA) is 89.4 Å². The second-order valence-electron chi connectivity index (χ2n) is 4.54. The Hall–Kier alpha value is -1.93. The summed E-state index contributed by atoms with van der Waals surface area (Å²) in [6.45, 7) is 3.15. The lowest BCUT2D eigenvalue weighted by molar-refractivity contribution is 0.390. The molecule has 2 N–H and O–H groups in total. The third-order valence-corrected chi connectivity index (χ3v) is 5.35. The number of rotatable bonds is 4. The van der Waals surface area contributed by atoms with Gasteiger partial charge in [-0.05, 0) is 26.0 Å². The van der Waals surface area contributed by atoms with Gasteiger partial charge in [-0.3, -0.25) is 4.31 Å². The van der Waals surface area contributed by atoms with Crippen LogP contribution in [0.3, 0.4) is 0 Å². The third-order valence-electron chi connectivity index (χ3n) is 3.08. The molecule has 0 saturated heterocycles. The normalized spacial score (nSPS) is 11.4. The quantitative estimate of drug-likeness (QED) is 0.862. The van der Waals surface area contributed by atoms with Gasteiger partial charge in [0.25, 0.3) is 10.0 Å². The Morgan fingerprint density at radius 3 is 2.57 bits per heavy atom. The molecule has 0 fully saturated rings. The number of thiocarbonyl (C=S) groups is 1. The fraction of sp³-hybridized carbons (Fsp3) is 0.231. The van der Waals surface area contributed by atoms with E-state index in [0.717, 1.165) is 4.31 Å². The maximum Gasteiger partial charge on any atom is 0.269 e. The summed E-state index contributed by atoms with van der Waals surface area (Å²) in [4.78, 5) is 0.283. The van der Waals surface area contributed by atoms with Crippen LogP contribution in [0, 0.1) is 13.8 Å². The fourth-order valence-electron chi connectivity index (χ4n) is 1.97. The molecule has 2 aromatic rings. The lowest BCUT2D eigenvalue weighted by Crippen LogP contribution is -2.27. The number of anilines is 1. The molecule has 21 heavy (non-hydrogen) atoms. The second-order valence-corrected chi connectivity index (χ2v) is 6.89. The third kappa shape index (κ3) is 2.77. The molecule has 2 rings (SSSR count). The molecule has 0 aliphatic rings. The van der Waals surface area contributed by atoms with Crippen LogP contribution >= 0.6 is 12.2 Å². The zero-order valence-corrected chi connectivity index (χ0v) is 13.5. The van der Waals surface area contributed by atoms with Crippen molar-refractivity contribution in [2.75, 3.05) is 11.4 Å². The van der Waals surface area contributed by atoms with Crippen LogP contribution in [0.2, 0.25) is 0 Å². The molecule has 0 spiro atoms. The minimum atomic E-state index is -3.76. The van der Waals surface area contributed by atoms with Gasteiger partial charge in [0.05, 0.1) is 5.69 Å². The minimum absolute atomic E-state index is 0.0747. The lowest BCUT2D eigenvalue weighted by Gasteiger charge is -2.19. The van der Waals surface area contributed by atoms with Crippen LogP contribution in [0.4, 0.5) is 5.69 Å². The Kier molecular flexibility index (Phi) is 4.02. The van der Waals surface area contributed by atoms with Crippen molar-refractivity contribution in [2.45, 2.75) is 18.7 Å². The van der Waals surface area contributed by atoms with Crippen molar-refractivity contribution in [3.63, 3.8) is 0 Å². The van der Waals surface area contributed by atoms with Crippen molar-refractivity contribution in [3.05, 3.63) is 41.3 Å². The first-order chi connectivity index (χ1) is 9.75. The first-order valence-corrected chi connectivity index (χ1v) is 7.91. The van der Waals surface area contributed by atoms with Crippen molar-refractivity contribution in [2.24, 2.45) is 5.73 Å². The summed E-state index contributed by atoms with van der Waals surface area (Å²) in [6, 6.07) is 6.71. The van der Waals surface area contributed by atoms with Gasteiger partial charge in [-0.15, -0.1) is 0 Å². The molecular weight excluding hydrogens is 310 g/mol. The van der Waals surface area contributed by atoms with Gasteiger partial charge >= 0.3 is 0 Å². The van der Waals surface area contributed by atoms with Crippen LogP contribution in [0.25, 0.3) is 0 Å². The summed E-state index contributed by atoms with van der Waals surface area (Å²) in [5.74, 6) is 0.254. The summed E-state index contributed by atoms with van der Waals surface area (Å²) in [6.07, 6.45) is 0. The average Bonchev–Trinajstić information content (AvgIpc) is 2.77. The number of hydrogen-bond donors (Lipinski definition) is 1. The van der Waals surface area contributed by atoms with E-state index >= 15 is 0 Å². The van der Waals surface area contributed by atoms with Crippen molar-refractivity contribution in [1.29, 1.82) is 0 Å². The predicted octanol–water partition coefficient (Wildman–Crippen LogP) is 1.75. The van der Waals surface area contributed by atoms with Gasteiger partial charge < -0.3 is 10.3 Å². The molecular formula is C13H15N3O3S2. The summed E-state index contributed by atoms with van der Waals surface area (Å²) >= 11 is 4.91. The summed E-state index contributed by atoms with van der Waals surface area (Å²) in [7, 11) is -2.30. The molecule has 0 amide bonds. The van der Waals surface area contributed by atoms with Gasteiger partial charge in [-0.25, -0.2) is 8.42 Å². The summed E-state index contributed by atoms with van der Waals surface area (Å²) < 4.78 is 31.4. The van der Waals surface area contributed by atoms with Crippen LogP contribution in [0.1, 0.15) is 17.0 Å². The molecule has 0 atom stereocenters. The number of nitrogens with zero attached hydrogens (tertiary/aromatic N) is 2. The van der Waals surface area contributed by atoms with Gasteiger partial charge in [0.15, 0.2) is 10.7 Å². The molecule has 112 valence electrons. The van der Waals surface area contributed by atoms with E-state index in [1.54, 1.807) is 38.1 Å². The molecule has 0 bridgehead atoms. The number of sulfonamides is 1. The first kappa shape index (κ1) is 15.5. The van der Waals surface area contributed by atoms with E-state index in [4.69, 9.17) is 22.5 Å². The Morgan fingerprint density at radius 1 is 1.38 bits per heavy atom. The van der Waals surface area contributed by atoms with Crippen LogP contribution < -0.4 is 10.0 Å². The van der Waals surface area contributed by atoms with Gasteiger partial charge in [0, 0.05) is 12.6 Å². The standard InChI is InChI=1S/C13H15N3O3S2/c1-8-12(9(2)19-15-8)21(17,18)16(3)11-6-4-5-10(7-11)13(14)20/h4-7H,1-3H3,(H2,14,20). The van der Waals surface area contributed by atoms with E-state index in [-0.39, 0.29) is 15.6 Å². The van der Waals surface area contributed by atoms with Crippen LogP contribution in [0.15, 0.2) is 33.7 Å². The Balaban J connectivity index is 2.51. The van der Waals surface area contributed by atoms with E-state index < -0.39 is 10.0 Å². The molecule has 8 heteroatoms. The predicted molar refractivity (Wildman–Crippen MR) is 83.9 cm³/mol. The molecule has 0 radical (unpaired) electrons. The molecule has 1 aromatic carbocycles. The minimum Gasteiger partial charge on any atom is -0.389 e. The number of nitrogens with two attached hydrogens (primary N) is 1. The highest BCUT2D eigenvalue weighted by Crippen LogP contribution is 2.27. The molecule has 0 unspecified atom stereocenters. The van der Waals surface area contributed by atoms with E-state index in [1.165, 1.54) is 7.05 Å². The van der Waals surface area contributed by atoms with E-state index in [9.17, 15) is 8.42 Å². The van der Waals surface area contributed by atoms with Crippen LogP contribution in [0.5, 0.6) is 0 Å². The molecule has 1 heterocycles. The van der Waals surface area contributed by atoms with Crippen molar-refractivity contribution >= 4 is 32.9 Å². The Morgan fingerprint density at radius 2 is 2.05 bits per heavy atom. The van der Waals surface area contributed by atoms with Crippen molar-refractivity contribution < 1.29 is 12.9 Å². The maximum absolute atomic E-state index is 12.7. The number of aromatic nitrogens is 1. The molecule has 0 aliphatic heterocycles. The summed E-state index contributed by atoms with van der Waals surface area (Å²) in [5.41, 5.74) is 6.96. The highest BCUT2D eigenvalue weighted by molar-refractivity contribution is 7.92.